The molecule has 0 aliphatic rings. The van der Waals surface area contributed by atoms with Gasteiger partial charge >= 0.3 is 0 Å². The molecule has 3 heteroatoms. The number of fused-ring (bicyclic) bond motifs is 1. The minimum atomic E-state index is 0.0834. The van der Waals surface area contributed by atoms with Crippen molar-refractivity contribution in [3.05, 3.63) is 77.9 Å². The minimum absolute atomic E-state index is 0.0834. The zero-order chi connectivity index (χ0) is 18.4. The van der Waals surface area contributed by atoms with Crippen LogP contribution >= 0.6 is 0 Å². The molecule has 0 atom stereocenters. The molecular formula is C23H25NO2. The van der Waals surface area contributed by atoms with Gasteiger partial charge in [0.1, 0.15) is 5.75 Å². The average Bonchev–Trinajstić information content (AvgIpc) is 2.70. The van der Waals surface area contributed by atoms with E-state index in [0.717, 1.165) is 47.0 Å². The largest absolute Gasteiger partial charge is 0.497 e. The van der Waals surface area contributed by atoms with Crippen molar-refractivity contribution in [2.45, 2.75) is 26.3 Å². The van der Waals surface area contributed by atoms with Crippen LogP contribution in [0, 0.1) is 0 Å². The van der Waals surface area contributed by atoms with E-state index in [1.165, 1.54) is 0 Å². The van der Waals surface area contributed by atoms with Gasteiger partial charge in [0.25, 0.3) is 5.91 Å². The second-order valence-corrected chi connectivity index (χ2v) is 6.49. The van der Waals surface area contributed by atoms with Crippen molar-refractivity contribution in [3.63, 3.8) is 0 Å². The summed E-state index contributed by atoms with van der Waals surface area (Å²) in [6.07, 6.45) is 2.07. The van der Waals surface area contributed by atoms with Gasteiger partial charge in [0.15, 0.2) is 0 Å². The van der Waals surface area contributed by atoms with Crippen LogP contribution < -0.4 is 4.74 Å². The van der Waals surface area contributed by atoms with E-state index in [0.29, 0.717) is 6.54 Å². The Bertz CT molecular complexity index is 874. The third kappa shape index (κ3) is 4.23. The van der Waals surface area contributed by atoms with Crippen LogP contribution in [0.4, 0.5) is 0 Å². The number of benzene rings is 3. The molecule has 0 saturated heterocycles. The van der Waals surface area contributed by atoms with Crippen molar-refractivity contribution in [2.24, 2.45) is 0 Å². The van der Waals surface area contributed by atoms with E-state index in [2.05, 4.69) is 19.1 Å². The van der Waals surface area contributed by atoms with E-state index in [4.69, 9.17) is 4.74 Å². The van der Waals surface area contributed by atoms with Gasteiger partial charge in [-0.15, -0.1) is 0 Å². The predicted molar refractivity (Wildman–Crippen MR) is 107 cm³/mol. The number of nitrogens with zero attached hydrogens (tertiary/aromatic N) is 1. The molecule has 0 aliphatic carbocycles. The molecule has 0 spiro atoms. The lowest BCUT2D eigenvalue weighted by atomic mass is 10.1. The molecule has 0 unspecified atom stereocenters. The molecule has 3 rings (SSSR count). The standard InChI is InChI=1S/C23H25NO2/c1-3-4-14-24(17-18-8-6-5-7-9-18)23(25)21-11-10-20-16-22(26-2)13-12-19(20)15-21/h5-13,15-16H,3-4,14,17H2,1-2H3. The Morgan fingerprint density at radius 1 is 0.962 bits per heavy atom. The summed E-state index contributed by atoms with van der Waals surface area (Å²) in [5.74, 6) is 0.908. The Labute approximate surface area is 155 Å². The van der Waals surface area contributed by atoms with Gasteiger partial charge in [-0.25, -0.2) is 0 Å². The topological polar surface area (TPSA) is 29.5 Å². The molecule has 0 aromatic heterocycles. The molecule has 0 bridgehead atoms. The Morgan fingerprint density at radius 3 is 2.42 bits per heavy atom. The smallest absolute Gasteiger partial charge is 0.254 e. The highest BCUT2D eigenvalue weighted by Gasteiger charge is 2.16. The number of amides is 1. The molecule has 3 nitrogen and oxygen atoms in total. The molecule has 26 heavy (non-hydrogen) atoms. The van der Waals surface area contributed by atoms with Gasteiger partial charge in [0, 0.05) is 18.7 Å². The van der Waals surface area contributed by atoms with E-state index in [9.17, 15) is 4.79 Å². The van der Waals surface area contributed by atoms with Crippen LogP contribution in [0.2, 0.25) is 0 Å². The van der Waals surface area contributed by atoms with Crippen LogP contribution in [0.3, 0.4) is 0 Å². The Kier molecular flexibility index (Phi) is 5.90. The molecule has 1 amide bonds. The van der Waals surface area contributed by atoms with Crippen LogP contribution in [0.25, 0.3) is 10.8 Å². The fraction of sp³-hybridized carbons (Fsp3) is 0.261. The van der Waals surface area contributed by atoms with Gasteiger partial charge in [-0.05, 0) is 47.0 Å². The monoisotopic (exact) mass is 347 g/mol. The zero-order valence-corrected chi connectivity index (χ0v) is 15.4. The summed E-state index contributed by atoms with van der Waals surface area (Å²) in [4.78, 5) is 15.1. The summed E-state index contributed by atoms with van der Waals surface area (Å²) < 4.78 is 5.27. The normalized spacial score (nSPS) is 10.7. The van der Waals surface area contributed by atoms with Crippen molar-refractivity contribution in [3.8, 4) is 5.75 Å². The summed E-state index contributed by atoms with van der Waals surface area (Å²) >= 11 is 0. The summed E-state index contributed by atoms with van der Waals surface area (Å²) in [5.41, 5.74) is 1.89. The first-order chi connectivity index (χ1) is 12.7. The van der Waals surface area contributed by atoms with Gasteiger partial charge in [-0.2, -0.15) is 0 Å². The van der Waals surface area contributed by atoms with E-state index in [1.807, 2.05) is 59.5 Å². The predicted octanol–water partition coefficient (Wildman–Crippen LogP) is 5.29. The number of ether oxygens (including phenoxy) is 1. The van der Waals surface area contributed by atoms with Crippen LogP contribution in [-0.2, 0) is 6.54 Å². The molecule has 134 valence electrons. The highest BCUT2D eigenvalue weighted by molar-refractivity contribution is 5.98. The summed E-state index contributed by atoms with van der Waals surface area (Å²) in [6.45, 7) is 3.56. The van der Waals surface area contributed by atoms with Crippen molar-refractivity contribution in [1.29, 1.82) is 0 Å². The van der Waals surface area contributed by atoms with E-state index < -0.39 is 0 Å². The minimum Gasteiger partial charge on any atom is -0.497 e. The van der Waals surface area contributed by atoms with Crippen LogP contribution in [-0.4, -0.2) is 24.5 Å². The molecule has 3 aromatic rings. The van der Waals surface area contributed by atoms with Crippen molar-refractivity contribution >= 4 is 16.7 Å². The van der Waals surface area contributed by atoms with Crippen LogP contribution in [0.5, 0.6) is 5.75 Å². The first kappa shape index (κ1) is 18.0. The highest BCUT2D eigenvalue weighted by Crippen LogP contribution is 2.23. The Balaban J connectivity index is 1.86. The number of carbonyl (C=O) groups excluding carboxylic acids is 1. The number of hydrogen-bond acceptors (Lipinski definition) is 2. The SMILES string of the molecule is CCCCN(Cc1ccccc1)C(=O)c1ccc2cc(OC)ccc2c1. The number of hydrogen-bond donors (Lipinski definition) is 0. The molecule has 0 saturated carbocycles. The van der Waals surface area contributed by atoms with Gasteiger partial charge in [-0.3, -0.25) is 4.79 Å². The maximum atomic E-state index is 13.1. The molecule has 0 aliphatic heterocycles. The van der Waals surface area contributed by atoms with Crippen LogP contribution in [0.1, 0.15) is 35.7 Å². The van der Waals surface area contributed by atoms with Gasteiger partial charge in [-0.1, -0.05) is 55.8 Å². The maximum absolute atomic E-state index is 13.1. The lowest BCUT2D eigenvalue weighted by Crippen LogP contribution is -2.31. The molecular weight excluding hydrogens is 322 g/mol. The highest BCUT2D eigenvalue weighted by atomic mass is 16.5. The summed E-state index contributed by atoms with van der Waals surface area (Å²) in [7, 11) is 1.66. The summed E-state index contributed by atoms with van der Waals surface area (Å²) in [6, 6.07) is 22.0. The van der Waals surface area contributed by atoms with Crippen molar-refractivity contribution < 1.29 is 9.53 Å². The number of unbranched alkanes of at least 4 members (excludes halogenated alkanes) is 1. The van der Waals surface area contributed by atoms with Crippen molar-refractivity contribution in [2.75, 3.05) is 13.7 Å². The average molecular weight is 347 g/mol. The maximum Gasteiger partial charge on any atom is 0.254 e. The van der Waals surface area contributed by atoms with Gasteiger partial charge < -0.3 is 9.64 Å². The Hall–Kier alpha value is -2.81. The second-order valence-electron chi connectivity index (χ2n) is 6.49. The quantitative estimate of drug-likeness (QED) is 0.581. The molecule has 0 fully saturated rings. The summed E-state index contributed by atoms with van der Waals surface area (Å²) in [5, 5.41) is 2.12. The van der Waals surface area contributed by atoms with Crippen molar-refractivity contribution in [1.82, 2.24) is 4.90 Å². The van der Waals surface area contributed by atoms with E-state index in [-0.39, 0.29) is 5.91 Å². The molecule has 0 heterocycles. The molecule has 0 N–H and O–H groups in total. The number of methoxy groups -OCH3 is 1. The fourth-order valence-electron chi connectivity index (χ4n) is 3.07. The zero-order valence-electron chi connectivity index (χ0n) is 15.4. The first-order valence-corrected chi connectivity index (χ1v) is 9.12. The fourth-order valence-corrected chi connectivity index (χ4v) is 3.07. The van der Waals surface area contributed by atoms with Gasteiger partial charge in [0.2, 0.25) is 0 Å². The first-order valence-electron chi connectivity index (χ1n) is 9.12. The van der Waals surface area contributed by atoms with E-state index >= 15 is 0 Å². The van der Waals surface area contributed by atoms with Gasteiger partial charge in [0.05, 0.1) is 7.11 Å². The molecule has 0 radical (unpaired) electrons. The third-order valence-corrected chi connectivity index (χ3v) is 4.58. The number of rotatable bonds is 7. The van der Waals surface area contributed by atoms with E-state index in [1.54, 1.807) is 7.11 Å². The second kappa shape index (κ2) is 8.52. The lowest BCUT2D eigenvalue weighted by molar-refractivity contribution is 0.0741. The third-order valence-electron chi connectivity index (χ3n) is 4.58. The lowest BCUT2D eigenvalue weighted by Gasteiger charge is -2.23. The molecule has 3 aromatic carbocycles. The van der Waals surface area contributed by atoms with Crippen LogP contribution in [0.15, 0.2) is 66.7 Å². The Morgan fingerprint density at radius 2 is 1.69 bits per heavy atom. The number of carbonyl (C=O) groups is 1.